The van der Waals surface area contributed by atoms with E-state index >= 15 is 0 Å². The molecule has 0 aromatic rings. The Labute approximate surface area is 94.1 Å². The Balaban J connectivity index is 1.97. The van der Waals surface area contributed by atoms with Crippen molar-refractivity contribution >= 4 is 22.6 Å². The predicted octanol–water partition coefficient (Wildman–Crippen LogP) is 2.41. The maximum atomic E-state index is 5.92. The Hall–Kier alpha value is 0.650. The Morgan fingerprint density at radius 1 is 1.54 bits per heavy atom. The Morgan fingerprint density at radius 2 is 2.38 bits per heavy atom. The number of rotatable bonds is 1. The van der Waals surface area contributed by atoms with Gasteiger partial charge in [-0.05, 0) is 32.6 Å². The maximum absolute atomic E-state index is 5.92. The third kappa shape index (κ3) is 2.02. The molecule has 0 radical (unpaired) electrons. The zero-order chi connectivity index (χ0) is 9.31. The van der Waals surface area contributed by atoms with E-state index in [0.29, 0.717) is 6.04 Å². The molecular formula is C10H18INO. The van der Waals surface area contributed by atoms with Crippen molar-refractivity contribution in [2.75, 3.05) is 17.7 Å². The molecule has 0 amide bonds. The van der Waals surface area contributed by atoms with Crippen LogP contribution in [0.25, 0.3) is 0 Å². The van der Waals surface area contributed by atoms with Crippen molar-refractivity contribution < 1.29 is 4.74 Å². The summed E-state index contributed by atoms with van der Waals surface area (Å²) < 4.78 is 7.08. The van der Waals surface area contributed by atoms with E-state index in [1.165, 1.54) is 32.2 Å². The zero-order valence-corrected chi connectivity index (χ0v) is 10.4. The molecule has 2 unspecified atom stereocenters. The molecular weight excluding hydrogens is 277 g/mol. The molecule has 3 heteroatoms. The van der Waals surface area contributed by atoms with Gasteiger partial charge in [-0.3, -0.25) is 4.90 Å². The quantitative estimate of drug-likeness (QED) is 0.418. The van der Waals surface area contributed by atoms with E-state index in [1.54, 1.807) is 0 Å². The minimum absolute atomic E-state index is 0.279. The molecule has 0 saturated carbocycles. The maximum Gasteiger partial charge on any atom is 0.0710 e. The van der Waals surface area contributed by atoms with Gasteiger partial charge in [-0.1, -0.05) is 22.6 Å². The van der Waals surface area contributed by atoms with Crippen LogP contribution in [-0.4, -0.2) is 34.2 Å². The molecule has 0 aromatic heterocycles. The van der Waals surface area contributed by atoms with Gasteiger partial charge in [0.2, 0.25) is 0 Å². The Morgan fingerprint density at radius 3 is 2.92 bits per heavy atom. The van der Waals surface area contributed by atoms with Crippen molar-refractivity contribution in [1.29, 1.82) is 0 Å². The number of halogens is 1. The van der Waals surface area contributed by atoms with Gasteiger partial charge in [0.05, 0.1) is 10.2 Å². The summed E-state index contributed by atoms with van der Waals surface area (Å²) in [6, 6.07) is 0.712. The van der Waals surface area contributed by atoms with Gasteiger partial charge in [0.1, 0.15) is 0 Å². The lowest BCUT2D eigenvalue weighted by Crippen LogP contribution is -2.48. The van der Waals surface area contributed by atoms with Crippen LogP contribution in [0.15, 0.2) is 0 Å². The summed E-state index contributed by atoms with van der Waals surface area (Å²) in [6.45, 7) is 4.56. The first-order valence-electron chi connectivity index (χ1n) is 5.20. The number of piperidine rings is 1. The van der Waals surface area contributed by atoms with Gasteiger partial charge in [-0.15, -0.1) is 0 Å². The Bertz CT molecular complexity index is 180. The standard InChI is InChI=1S/C10H18INO/c1-9-7-10(3-2-6-13-10)4-5-12(9)8-11/h9H,2-8H2,1H3. The van der Waals surface area contributed by atoms with E-state index in [1.807, 2.05) is 0 Å². The largest absolute Gasteiger partial charge is 0.375 e. The normalized spacial score (nSPS) is 41.5. The van der Waals surface area contributed by atoms with E-state index in [0.717, 1.165) is 11.2 Å². The number of ether oxygens (including phenoxy) is 1. The highest BCUT2D eigenvalue weighted by Crippen LogP contribution is 2.38. The summed E-state index contributed by atoms with van der Waals surface area (Å²) >= 11 is 2.46. The van der Waals surface area contributed by atoms with Crippen LogP contribution in [-0.2, 0) is 4.74 Å². The number of alkyl halides is 1. The highest BCUT2D eigenvalue weighted by atomic mass is 127. The van der Waals surface area contributed by atoms with Crippen LogP contribution in [0.4, 0.5) is 0 Å². The van der Waals surface area contributed by atoms with Crippen LogP contribution in [0, 0.1) is 0 Å². The van der Waals surface area contributed by atoms with Gasteiger partial charge in [0, 0.05) is 19.2 Å². The molecule has 2 atom stereocenters. The third-order valence-electron chi connectivity index (χ3n) is 3.48. The van der Waals surface area contributed by atoms with Crippen LogP contribution in [0.3, 0.4) is 0 Å². The Kier molecular flexibility index (Phi) is 3.15. The molecule has 2 rings (SSSR count). The molecule has 2 nitrogen and oxygen atoms in total. The van der Waals surface area contributed by atoms with E-state index < -0.39 is 0 Å². The zero-order valence-electron chi connectivity index (χ0n) is 8.26. The average Bonchev–Trinajstić information content (AvgIpc) is 2.54. The van der Waals surface area contributed by atoms with Crippen molar-refractivity contribution in [3.8, 4) is 0 Å². The molecule has 76 valence electrons. The first-order chi connectivity index (χ1) is 6.26. The molecule has 2 aliphatic rings. The van der Waals surface area contributed by atoms with Crippen molar-refractivity contribution in [3.05, 3.63) is 0 Å². The summed E-state index contributed by atoms with van der Waals surface area (Å²) in [4.78, 5) is 2.55. The number of hydrogen-bond acceptors (Lipinski definition) is 2. The molecule has 2 saturated heterocycles. The molecule has 13 heavy (non-hydrogen) atoms. The first kappa shape index (κ1) is 10.2. The van der Waals surface area contributed by atoms with Crippen molar-refractivity contribution in [3.63, 3.8) is 0 Å². The van der Waals surface area contributed by atoms with Gasteiger partial charge < -0.3 is 4.74 Å². The van der Waals surface area contributed by atoms with Crippen molar-refractivity contribution in [2.45, 2.75) is 44.2 Å². The van der Waals surface area contributed by atoms with Crippen LogP contribution in [0.2, 0.25) is 0 Å². The highest BCUT2D eigenvalue weighted by molar-refractivity contribution is 14.1. The molecule has 0 aliphatic carbocycles. The fourth-order valence-electron chi connectivity index (χ4n) is 2.63. The lowest BCUT2D eigenvalue weighted by atomic mass is 9.85. The molecule has 2 heterocycles. The lowest BCUT2D eigenvalue weighted by molar-refractivity contribution is -0.0562. The molecule has 1 spiro atoms. The second-order valence-electron chi connectivity index (χ2n) is 4.37. The highest BCUT2D eigenvalue weighted by Gasteiger charge is 2.40. The number of hydrogen-bond donors (Lipinski definition) is 0. The second-order valence-corrected chi connectivity index (χ2v) is 5.05. The molecule has 0 aromatic carbocycles. The smallest absolute Gasteiger partial charge is 0.0710 e. The summed E-state index contributed by atoms with van der Waals surface area (Å²) in [5.74, 6) is 0. The summed E-state index contributed by atoms with van der Waals surface area (Å²) in [6.07, 6.45) is 5.07. The van der Waals surface area contributed by atoms with Gasteiger partial charge in [-0.2, -0.15) is 0 Å². The van der Waals surface area contributed by atoms with Crippen LogP contribution >= 0.6 is 22.6 Å². The summed E-state index contributed by atoms with van der Waals surface area (Å²) in [5.41, 5.74) is 0.279. The lowest BCUT2D eigenvalue weighted by Gasteiger charge is -2.42. The minimum Gasteiger partial charge on any atom is -0.375 e. The van der Waals surface area contributed by atoms with E-state index in [2.05, 4.69) is 34.4 Å². The fraction of sp³-hybridized carbons (Fsp3) is 1.00. The number of nitrogens with zero attached hydrogens (tertiary/aromatic N) is 1. The van der Waals surface area contributed by atoms with Crippen molar-refractivity contribution in [2.24, 2.45) is 0 Å². The molecule has 0 N–H and O–H groups in total. The van der Waals surface area contributed by atoms with Crippen LogP contribution in [0.1, 0.15) is 32.6 Å². The second kappa shape index (κ2) is 4.03. The van der Waals surface area contributed by atoms with Gasteiger partial charge in [0.25, 0.3) is 0 Å². The van der Waals surface area contributed by atoms with Crippen LogP contribution < -0.4 is 0 Å². The first-order valence-corrected chi connectivity index (χ1v) is 6.72. The molecule has 2 fully saturated rings. The number of likely N-dealkylation sites (tertiary alicyclic amines) is 1. The van der Waals surface area contributed by atoms with E-state index in [9.17, 15) is 0 Å². The van der Waals surface area contributed by atoms with Crippen LogP contribution in [0.5, 0.6) is 0 Å². The summed E-state index contributed by atoms with van der Waals surface area (Å²) in [5, 5.41) is 0. The predicted molar refractivity (Wildman–Crippen MR) is 62.2 cm³/mol. The van der Waals surface area contributed by atoms with Gasteiger partial charge in [-0.25, -0.2) is 0 Å². The van der Waals surface area contributed by atoms with Gasteiger partial charge in [0.15, 0.2) is 0 Å². The monoisotopic (exact) mass is 295 g/mol. The topological polar surface area (TPSA) is 12.5 Å². The van der Waals surface area contributed by atoms with E-state index in [4.69, 9.17) is 4.74 Å². The van der Waals surface area contributed by atoms with Crippen molar-refractivity contribution in [1.82, 2.24) is 4.90 Å². The minimum atomic E-state index is 0.279. The van der Waals surface area contributed by atoms with E-state index in [-0.39, 0.29) is 5.60 Å². The van der Waals surface area contributed by atoms with Gasteiger partial charge >= 0.3 is 0 Å². The average molecular weight is 295 g/mol. The molecule has 2 aliphatic heterocycles. The fourth-order valence-corrected chi connectivity index (χ4v) is 3.64. The molecule has 0 bridgehead atoms. The SMILES string of the molecule is CC1CC2(CCCO2)CCN1CI. The third-order valence-corrected chi connectivity index (χ3v) is 4.36. The summed E-state index contributed by atoms with van der Waals surface area (Å²) in [7, 11) is 0.